The molecule has 0 amide bonds. The molecule has 0 aliphatic carbocycles. The van der Waals surface area contributed by atoms with Gasteiger partial charge in [0, 0.05) is 23.7 Å². The van der Waals surface area contributed by atoms with Gasteiger partial charge in [-0.05, 0) is 46.9 Å². The van der Waals surface area contributed by atoms with Crippen LogP contribution < -0.4 is 4.74 Å². The lowest BCUT2D eigenvalue weighted by atomic mass is 9.77. The Hall–Kier alpha value is -2.63. The Morgan fingerprint density at radius 1 is 1.14 bits per heavy atom. The Balaban J connectivity index is 1.60. The molecule has 36 heavy (non-hydrogen) atoms. The van der Waals surface area contributed by atoms with Crippen LogP contribution in [-0.4, -0.2) is 43.0 Å². The summed E-state index contributed by atoms with van der Waals surface area (Å²) in [5, 5.41) is 10.0. The van der Waals surface area contributed by atoms with Crippen molar-refractivity contribution in [2.75, 3.05) is 25.3 Å². The van der Waals surface area contributed by atoms with Crippen molar-refractivity contribution in [2.24, 2.45) is 0 Å². The van der Waals surface area contributed by atoms with E-state index in [1.807, 2.05) is 12.1 Å². The molecule has 9 heteroatoms. The number of fused-ring (bicyclic) bond motifs is 1. The SMILES string of the molecule is CC(C)(c1ccc(-c2cnc3c(c2)CCN(S(C)(=O)=O)C3)cc1)c1cc(Cl)c(OCCCl)c(C#N)c1. The lowest BCUT2D eigenvalue weighted by Gasteiger charge is -2.28. The van der Waals surface area contributed by atoms with E-state index in [1.54, 1.807) is 6.20 Å². The normalized spacial score (nSPS) is 14.2. The van der Waals surface area contributed by atoms with Crippen molar-refractivity contribution < 1.29 is 13.2 Å². The fraction of sp³-hybridized carbons (Fsp3) is 0.333. The summed E-state index contributed by atoms with van der Waals surface area (Å²) in [5.41, 5.74) is 5.82. The molecule has 2 heterocycles. The summed E-state index contributed by atoms with van der Waals surface area (Å²) >= 11 is 12.2. The molecule has 6 nitrogen and oxygen atoms in total. The van der Waals surface area contributed by atoms with Crippen LogP contribution in [0.15, 0.2) is 48.7 Å². The predicted molar refractivity (Wildman–Crippen MR) is 143 cm³/mol. The first-order valence-electron chi connectivity index (χ1n) is 11.5. The first-order valence-corrected chi connectivity index (χ1v) is 14.3. The van der Waals surface area contributed by atoms with Gasteiger partial charge in [-0.1, -0.05) is 49.7 Å². The van der Waals surface area contributed by atoms with E-state index in [9.17, 15) is 13.7 Å². The third-order valence-corrected chi connectivity index (χ3v) is 8.32. The Labute approximate surface area is 222 Å². The van der Waals surface area contributed by atoms with Crippen LogP contribution in [0.1, 0.15) is 41.8 Å². The average molecular weight is 545 g/mol. The van der Waals surface area contributed by atoms with E-state index in [0.717, 1.165) is 33.5 Å². The molecule has 1 aliphatic heterocycles. The quantitative estimate of drug-likeness (QED) is 0.365. The average Bonchev–Trinajstić information content (AvgIpc) is 2.86. The number of nitriles is 1. The van der Waals surface area contributed by atoms with Crippen molar-refractivity contribution in [3.8, 4) is 22.9 Å². The Morgan fingerprint density at radius 2 is 1.86 bits per heavy atom. The van der Waals surface area contributed by atoms with Gasteiger partial charge in [-0.2, -0.15) is 9.57 Å². The van der Waals surface area contributed by atoms with E-state index in [2.05, 4.69) is 55.2 Å². The second-order valence-electron chi connectivity index (χ2n) is 9.36. The highest BCUT2D eigenvalue weighted by Crippen LogP contribution is 2.39. The molecule has 0 bridgehead atoms. The molecule has 0 atom stereocenters. The van der Waals surface area contributed by atoms with Crippen LogP contribution in [0.3, 0.4) is 0 Å². The number of ether oxygens (including phenoxy) is 1. The molecule has 0 saturated heterocycles. The molecule has 3 aromatic rings. The maximum atomic E-state index is 11.9. The minimum absolute atomic E-state index is 0.271. The molecule has 0 unspecified atom stereocenters. The third-order valence-electron chi connectivity index (χ3n) is 6.63. The second-order valence-corrected chi connectivity index (χ2v) is 12.1. The molecule has 2 aromatic carbocycles. The number of aromatic nitrogens is 1. The van der Waals surface area contributed by atoms with E-state index < -0.39 is 15.4 Å². The zero-order valence-corrected chi connectivity index (χ0v) is 22.7. The molecule has 0 N–H and O–H groups in total. The molecule has 0 spiro atoms. The molecule has 188 valence electrons. The number of pyridine rings is 1. The van der Waals surface area contributed by atoms with E-state index in [-0.39, 0.29) is 6.61 Å². The maximum Gasteiger partial charge on any atom is 0.211 e. The molecule has 1 aliphatic rings. The van der Waals surface area contributed by atoms with Gasteiger partial charge in [0.2, 0.25) is 10.0 Å². The highest BCUT2D eigenvalue weighted by molar-refractivity contribution is 7.88. The minimum atomic E-state index is -3.23. The fourth-order valence-electron chi connectivity index (χ4n) is 4.40. The lowest BCUT2D eigenvalue weighted by Crippen LogP contribution is -2.35. The van der Waals surface area contributed by atoms with Gasteiger partial charge in [0.25, 0.3) is 0 Å². The zero-order valence-electron chi connectivity index (χ0n) is 20.4. The first kappa shape index (κ1) is 26.4. The number of benzene rings is 2. The van der Waals surface area contributed by atoms with Gasteiger partial charge >= 0.3 is 0 Å². The molecular weight excluding hydrogens is 517 g/mol. The topological polar surface area (TPSA) is 83.3 Å². The van der Waals surface area contributed by atoms with Crippen molar-refractivity contribution in [1.82, 2.24) is 9.29 Å². The molecule has 1 aromatic heterocycles. The lowest BCUT2D eigenvalue weighted by molar-refractivity contribution is 0.341. The Kier molecular flexibility index (Phi) is 7.63. The number of hydrogen-bond donors (Lipinski definition) is 0. The van der Waals surface area contributed by atoms with E-state index in [1.165, 1.54) is 10.6 Å². The van der Waals surface area contributed by atoms with Crippen LogP contribution in [0.2, 0.25) is 5.02 Å². The summed E-state index contributed by atoms with van der Waals surface area (Å²) in [6.45, 7) is 5.22. The van der Waals surface area contributed by atoms with E-state index in [4.69, 9.17) is 27.9 Å². The molecular formula is C27H27Cl2N3O3S. The van der Waals surface area contributed by atoms with Gasteiger partial charge in [-0.3, -0.25) is 4.98 Å². The second kappa shape index (κ2) is 10.4. The zero-order chi connectivity index (χ0) is 26.1. The van der Waals surface area contributed by atoms with Gasteiger partial charge in [0.05, 0.1) is 35.0 Å². The highest BCUT2D eigenvalue weighted by Gasteiger charge is 2.27. The Morgan fingerprint density at radius 3 is 2.50 bits per heavy atom. The predicted octanol–water partition coefficient (Wildman–Crippen LogP) is 5.53. The summed E-state index contributed by atoms with van der Waals surface area (Å²) in [6.07, 6.45) is 3.67. The number of rotatable bonds is 7. The highest BCUT2D eigenvalue weighted by atomic mass is 35.5. The van der Waals surface area contributed by atoms with E-state index >= 15 is 0 Å². The monoisotopic (exact) mass is 543 g/mol. The van der Waals surface area contributed by atoms with Crippen molar-refractivity contribution in [2.45, 2.75) is 32.2 Å². The smallest absolute Gasteiger partial charge is 0.211 e. The summed E-state index contributed by atoms with van der Waals surface area (Å²) in [6, 6.07) is 16.2. The number of alkyl halides is 1. The van der Waals surface area contributed by atoms with Crippen molar-refractivity contribution in [3.05, 3.63) is 81.6 Å². The van der Waals surface area contributed by atoms with Gasteiger partial charge in [0.15, 0.2) is 5.75 Å². The van der Waals surface area contributed by atoms with E-state index in [0.29, 0.717) is 41.7 Å². The molecule has 0 radical (unpaired) electrons. The number of halogens is 2. The number of hydrogen-bond acceptors (Lipinski definition) is 5. The largest absolute Gasteiger partial charge is 0.489 e. The van der Waals surface area contributed by atoms with Crippen molar-refractivity contribution >= 4 is 33.2 Å². The number of sulfonamides is 1. The molecule has 4 rings (SSSR count). The Bertz CT molecular complexity index is 1430. The van der Waals surface area contributed by atoms with Crippen molar-refractivity contribution in [3.63, 3.8) is 0 Å². The van der Waals surface area contributed by atoms with Crippen LogP contribution in [0.4, 0.5) is 0 Å². The van der Waals surface area contributed by atoms with Crippen LogP contribution in [0.5, 0.6) is 5.75 Å². The summed E-state index contributed by atoms with van der Waals surface area (Å²) in [4.78, 5) is 4.56. The maximum absolute atomic E-state index is 11.9. The van der Waals surface area contributed by atoms with Crippen LogP contribution in [0.25, 0.3) is 11.1 Å². The fourth-order valence-corrected chi connectivity index (χ4v) is 5.53. The van der Waals surface area contributed by atoms with Crippen molar-refractivity contribution in [1.29, 1.82) is 5.26 Å². The van der Waals surface area contributed by atoms with Gasteiger partial charge < -0.3 is 4.74 Å². The van der Waals surface area contributed by atoms with Crippen LogP contribution in [-0.2, 0) is 28.4 Å². The summed E-state index contributed by atoms with van der Waals surface area (Å²) in [5.74, 6) is 0.661. The minimum Gasteiger partial charge on any atom is -0.489 e. The molecule has 0 saturated carbocycles. The van der Waals surface area contributed by atoms with Gasteiger partial charge in [-0.25, -0.2) is 8.42 Å². The van der Waals surface area contributed by atoms with Crippen LogP contribution >= 0.6 is 23.2 Å². The van der Waals surface area contributed by atoms with Gasteiger partial charge in [0.1, 0.15) is 12.7 Å². The third kappa shape index (κ3) is 5.37. The molecule has 0 fully saturated rings. The van der Waals surface area contributed by atoms with Crippen LogP contribution in [0, 0.1) is 11.3 Å². The first-order chi connectivity index (χ1) is 17.0. The summed E-state index contributed by atoms with van der Waals surface area (Å²) in [7, 11) is -3.23. The summed E-state index contributed by atoms with van der Waals surface area (Å²) < 4.78 is 30.8. The van der Waals surface area contributed by atoms with Gasteiger partial charge in [-0.15, -0.1) is 11.6 Å². The number of nitrogens with zero attached hydrogens (tertiary/aromatic N) is 3. The standard InChI is InChI=1S/C27H27Cl2N3O3S/c1-27(2,23-13-20(15-30)26(24(29)14-23)35-11-9-28)22-6-4-18(5-7-22)21-12-19-8-10-32(36(3,33)34)17-25(19)31-16-21/h4-7,12-14,16H,8-11,17H2,1-3H3.